The van der Waals surface area contributed by atoms with Gasteiger partial charge in [0.25, 0.3) is 0 Å². The molecule has 0 aromatic heterocycles. The van der Waals surface area contributed by atoms with E-state index in [0.29, 0.717) is 12.2 Å². The Bertz CT molecular complexity index is 539. The molecule has 0 heterocycles. The van der Waals surface area contributed by atoms with Crippen molar-refractivity contribution in [3.8, 4) is 0 Å². The van der Waals surface area contributed by atoms with Crippen molar-refractivity contribution in [1.82, 2.24) is 4.90 Å². The quantitative estimate of drug-likeness (QED) is 0.212. The molecule has 0 radical (unpaired) electrons. The molecule has 30 heavy (non-hydrogen) atoms. The molecular formula is C28H49NO. The summed E-state index contributed by atoms with van der Waals surface area (Å²) in [5.41, 5.74) is 0.582. The Morgan fingerprint density at radius 2 is 1.10 bits per heavy atom. The summed E-state index contributed by atoms with van der Waals surface area (Å²) in [5, 5.41) is 0. The van der Waals surface area contributed by atoms with Crippen LogP contribution in [0.5, 0.6) is 0 Å². The summed E-state index contributed by atoms with van der Waals surface area (Å²) in [6.07, 6.45) is 21.0. The Hall–Kier alpha value is -1.15. The van der Waals surface area contributed by atoms with Gasteiger partial charge in [-0.3, -0.25) is 9.69 Å². The molecule has 0 aliphatic carbocycles. The van der Waals surface area contributed by atoms with E-state index in [9.17, 15) is 4.79 Å². The lowest BCUT2D eigenvalue weighted by Gasteiger charge is -2.35. The topological polar surface area (TPSA) is 20.3 Å². The van der Waals surface area contributed by atoms with E-state index in [1.807, 2.05) is 32.3 Å². The maximum Gasteiger partial charge on any atom is 0.157 e. The summed E-state index contributed by atoms with van der Waals surface area (Å²) < 4.78 is 0. The van der Waals surface area contributed by atoms with Crippen molar-refractivity contribution in [2.45, 2.75) is 122 Å². The first kappa shape index (κ1) is 26.9. The van der Waals surface area contributed by atoms with Gasteiger partial charge in [0.15, 0.2) is 5.78 Å². The summed E-state index contributed by atoms with van der Waals surface area (Å²) in [4.78, 5) is 15.1. The number of Topliss-reactive ketones (excluding diaryl/α,β-unsaturated/α-hetero) is 1. The van der Waals surface area contributed by atoms with E-state index >= 15 is 0 Å². The molecule has 0 fully saturated rings. The van der Waals surface area contributed by atoms with Crippen LogP contribution >= 0.6 is 0 Å². The van der Waals surface area contributed by atoms with Crippen molar-refractivity contribution in [3.05, 3.63) is 35.9 Å². The van der Waals surface area contributed by atoms with Crippen LogP contribution in [-0.2, 0) is 10.3 Å². The molecule has 0 N–H and O–H groups in total. The molecule has 0 saturated carbocycles. The van der Waals surface area contributed by atoms with Gasteiger partial charge in [-0.1, -0.05) is 127 Å². The number of unbranched alkanes of at least 4 members (excludes halogenated alkanes) is 14. The van der Waals surface area contributed by atoms with Gasteiger partial charge >= 0.3 is 0 Å². The molecule has 1 atom stereocenters. The molecule has 0 amide bonds. The molecule has 1 aromatic rings. The molecule has 0 aliphatic rings. The van der Waals surface area contributed by atoms with Gasteiger partial charge in [-0.25, -0.2) is 0 Å². The third-order valence-electron chi connectivity index (χ3n) is 6.78. The summed E-state index contributed by atoms with van der Waals surface area (Å²) in [7, 11) is 4.02. The molecule has 0 saturated heterocycles. The molecule has 1 unspecified atom stereocenters. The Kier molecular flexibility index (Phi) is 14.8. The van der Waals surface area contributed by atoms with Crippen LogP contribution in [0.15, 0.2) is 30.3 Å². The maximum absolute atomic E-state index is 13.0. The summed E-state index contributed by atoms with van der Waals surface area (Å²) in [5.74, 6) is 0.341. The van der Waals surface area contributed by atoms with E-state index in [1.54, 1.807) is 0 Å². The number of carbonyl (C=O) groups is 1. The third kappa shape index (κ3) is 10.2. The molecule has 1 rings (SSSR count). The molecule has 1 aromatic carbocycles. The van der Waals surface area contributed by atoms with Crippen LogP contribution in [0.3, 0.4) is 0 Å². The van der Waals surface area contributed by atoms with Crippen molar-refractivity contribution >= 4 is 5.78 Å². The summed E-state index contributed by atoms with van der Waals surface area (Å²) in [6, 6.07) is 10.2. The normalized spacial score (nSPS) is 13.5. The number of ketones is 1. The largest absolute Gasteiger partial charge is 0.297 e. The van der Waals surface area contributed by atoms with E-state index in [4.69, 9.17) is 0 Å². The highest BCUT2D eigenvalue weighted by atomic mass is 16.1. The number of hydrogen-bond acceptors (Lipinski definition) is 2. The molecule has 172 valence electrons. The zero-order valence-corrected chi connectivity index (χ0v) is 20.6. The van der Waals surface area contributed by atoms with Crippen LogP contribution < -0.4 is 0 Å². The lowest BCUT2D eigenvalue weighted by atomic mass is 9.84. The molecule has 0 aliphatic heterocycles. The monoisotopic (exact) mass is 415 g/mol. The minimum absolute atomic E-state index is 0.341. The van der Waals surface area contributed by atoms with E-state index < -0.39 is 5.54 Å². The Morgan fingerprint density at radius 1 is 0.700 bits per heavy atom. The minimum atomic E-state index is -0.517. The second-order valence-electron chi connectivity index (χ2n) is 9.46. The van der Waals surface area contributed by atoms with E-state index in [0.717, 1.165) is 12.0 Å². The molecule has 2 heteroatoms. The van der Waals surface area contributed by atoms with Crippen LogP contribution in [-0.4, -0.2) is 24.8 Å². The van der Waals surface area contributed by atoms with Gasteiger partial charge < -0.3 is 0 Å². The molecule has 0 bridgehead atoms. The van der Waals surface area contributed by atoms with Crippen molar-refractivity contribution in [2.75, 3.05) is 14.1 Å². The highest BCUT2D eigenvalue weighted by Gasteiger charge is 2.36. The fourth-order valence-corrected chi connectivity index (χ4v) is 4.33. The molecular weight excluding hydrogens is 366 g/mol. The molecule has 0 spiro atoms. The average Bonchev–Trinajstić information content (AvgIpc) is 2.76. The van der Waals surface area contributed by atoms with Gasteiger partial charge in [0, 0.05) is 6.42 Å². The highest BCUT2D eigenvalue weighted by Crippen LogP contribution is 2.29. The van der Waals surface area contributed by atoms with Crippen LogP contribution in [0.2, 0.25) is 0 Å². The number of likely N-dealkylation sites (N-methyl/N-ethyl adjacent to an activating group) is 1. The van der Waals surface area contributed by atoms with Crippen LogP contribution in [0.4, 0.5) is 0 Å². The van der Waals surface area contributed by atoms with Crippen molar-refractivity contribution in [1.29, 1.82) is 0 Å². The maximum atomic E-state index is 13.0. The van der Waals surface area contributed by atoms with E-state index in [-0.39, 0.29) is 0 Å². The number of nitrogens with zero attached hydrogens (tertiary/aromatic N) is 1. The van der Waals surface area contributed by atoms with Gasteiger partial charge in [-0.15, -0.1) is 0 Å². The predicted molar refractivity (Wildman–Crippen MR) is 132 cm³/mol. The second kappa shape index (κ2) is 16.5. The van der Waals surface area contributed by atoms with Gasteiger partial charge in [-0.2, -0.15) is 0 Å². The van der Waals surface area contributed by atoms with Crippen LogP contribution in [0.1, 0.15) is 122 Å². The van der Waals surface area contributed by atoms with Gasteiger partial charge in [-0.05, 0) is 33.0 Å². The molecule has 2 nitrogen and oxygen atoms in total. The van der Waals surface area contributed by atoms with Crippen molar-refractivity contribution in [2.24, 2.45) is 0 Å². The number of carbonyl (C=O) groups excluding carboxylic acids is 1. The number of rotatable bonds is 19. The number of benzene rings is 1. The minimum Gasteiger partial charge on any atom is -0.297 e. The van der Waals surface area contributed by atoms with E-state index in [1.165, 1.54) is 89.9 Å². The zero-order chi connectivity index (χ0) is 22.1. The van der Waals surface area contributed by atoms with E-state index in [2.05, 4.69) is 30.9 Å². The first-order valence-corrected chi connectivity index (χ1v) is 12.8. The van der Waals surface area contributed by atoms with Crippen LogP contribution in [0.25, 0.3) is 0 Å². The lowest BCUT2D eigenvalue weighted by Crippen LogP contribution is -2.45. The third-order valence-corrected chi connectivity index (χ3v) is 6.78. The van der Waals surface area contributed by atoms with Crippen molar-refractivity contribution < 1.29 is 4.79 Å². The first-order chi connectivity index (χ1) is 14.5. The van der Waals surface area contributed by atoms with Gasteiger partial charge in [0.2, 0.25) is 0 Å². The second-order valence-corrected chi connectivity index (χ2v) is 9.46. The first-order valence-electron chi connectivity index (χ1n) is 12.8. The number of hydrogen-bond donors (Lipinski definition) is 0. The Balaban J connectivity index is 2.05. The van der Waals surface area contributed by atoms with Crippen LogP contribution in [0, 0.1) is 0 Å². The van der Waals surface area contributed by atoms with Gasteiger partial charge in [0.1, 0.15) is 5.54 Å². The standard InChI is InChI=1S/C28H49NO/c1-5-6-7-8-9-10-11-12-13-14-15-16-17-18-22-25-27(30)28(2,29(3)4)26-23-20-19-21-24-26/h19-21,23-24H,5-18,22,25H2,1-4H3. The van der Waals surface area contributed by atoms with Crippen molar-refractivity contribution in [3.63, 3.8) is 0 Å². The summed E-state index contributed by atoms with van der Waals surface area (Å²) in [6.45, 7) is 4.35. The lowest BCUT2D eigenvalue weighted by molar-refractivity contribution is -0.129. The Labute approximate surface area is 187 Å². The zero-order valence-electron chi connectivity index (χ0n) is 20.6. The predicted octanol–water partition coefficient (Wildman–Crippen LogP) is 8.29. The SMILES string of the molecule is CCCCCCCCCCCCCCCCCC(=O)C(C)(c1ccccc1)N(C)C. The fraction of sp³-hybridized carbons (Fsp3) is 0.750. The van der Waals surface area contributed by atoms with Gasteiger partial charge in [0.05, 0.1) is 0 Å². The average molecular weight is 416 g/mol. The fourth-order valence-electron chi connectivity index (χ4n) is 4.33. The Morgan fingerprint density at radius 3 is 1.50 bits per heavy atom. The smallest absolute Gasteiger partial charge is 0.157 e. The summed E-state index contributed by atoms with van der Waals surface area (Å²) >= 11 is 0. The highest BCUT2D eigenvalue weighted by molar-refractivity contribution is 5.89.